The Kier molecular flexibility index (Phi) is 5.32. The molecule has 102 valence electrons. The van der Waals surface area contributed by atoms with Crippen molar-refractivity contribution < 1.29 is 9.47 Å². The summed E-state index contributed by atoms with van der Waals surface area (Å²) in [7, 11) is 1.64. The van der Waals surface area contributed by atoms with Gasteiger partial charge in [-0.05, 0) is 12.1 Å². The third-order valence-corrected chi connectivity index (χ3v) is 2.83. The molecule has 0 unspecified atom stereocenters. The van der Waals surface area contributed by atoms with Crippen molar-refractivity contribution in [3.8, 4) is 5.69 Å². The first kappa shape index (κ1) is 14.0. The fourth-order valence-electron chi connectivity index (χ4n) is 1.71. The minimum absolute atomic E-state index is 0.306. The van der Waals surface area contributed by atoms with E-state index in [1.165, 1.54) is 0 Å². The van der Waals surface area contributed by atoms with Crippen LogP contribution in [0, 0.1) is 0 Å². The number of methoxy groups -OCH3 is 1. The second kappa shape index (κ2) is 7.23. The van der Waals surface area contributed by atoms with Crippen molar-refractivity contribution in [2.45, 2.75) is 12.5 Å². The van der Waals surface area contributed by atoms with E-state index < -0.39 is 0 Å². The highest BCUT2D eigenvalue weighted by Crippen LogP contribution is 2.15. The second-order valence-electron chi connectivity index (χ2n) is 3.88. The third kappa shape index (κ3) is 3.53. The summed E-state index contributed by atoms with van der Waals surface area (Å²) in [6, 6.07) is 9.85. The van der Waals surface area contributed by atoms with Gasteiger partial charge in [-0.2, -0.15) is 0 Å². The van der Waals surface area contributed by atoms with Gasteiger partial charge in [-0.15, -0.1) is 21.8 Å². The molecule has 0 saturated heterocycles. The van der Waals surface area contributed by atoms with E-state index in [-0.39, 0.29) is 0 Å². The van der Waals surface area contributed by atoms with Crippen molar-refractivity contribution in [3.63, 3.8) is 0 Å². The van der Waals surface area contributed by atoms with E-state index in [1.54, 1.807) is 7.11 Å². The van der Waals surface area contributed by atoms with Crippen LogP contribution in [-0.4, -0.2) is 35.1 Å². The lowest BCUT2D eigenvalue weighted by molar-refractivity contribution is 0.0579. The molecular weight excluding hydrogens is 266 g/mol. The molecule has 0 fully saturated rings. The first-order valence-electron chi connectivity index (χ1n) is 5.98. The number of hydrogen-bond donors (Lipinski definition) is 0. The number of nitrogens with zero attached hydrogens (tertiary/aromatic N) is 3. The van der Waals surface area contributed by atoms with Crippen LogP contribution in [0.25, 0.3) is 5.69 Å². The van der Waals surface area contributed by atoms with Crippen molar-refractivity contribution in [2.75, 3.05) is 20.3 Å². The number of halogens is 1. The van der Waals surface area contributed by atoms with E-state index in [2.05, 4.69) is 10.2 Å². The van der Waals surface area contributed by atoms with E-state index in [9.17, 15) is 0 Å². The van der Waals surface area contributed by atoms with Gasteiger partial charge in [0.2, 0.25) is 0 Å². The highest BCUT2D eigenvalue weighted by atomic mass is 35.5. The summed E-state index contributed by atoms with van der Waals surface area (Å²) >= 11 is 5.89. The number of rotatable bonds is 7. The molecule has 0 radical (unpaired) electrons. The van der Waals surface area contributed by atoms with Gasteiger partial charge in [-0.1, -0.05) is 18.2 Å². The predicted molar refractivity (Wildman–Crippen MR) is 72.4 cm³/mol. The molecule has 6 heteroatoms. The summed E-state index contributed by atoms with van der Waals surface area (Å²) in [5, 5.41) is 8.20. The van der Waals surface area contributed by atoms with Crippen LogP contribution in [0.15, 0.2) is 30.3 Å². The van der Waals surface area contributed by atoms with E-state index in [1.807, 2.05) is 34.9 Å². The molecule has 0 aliphatic carbocycles. The average Bonchev–Trinajstić information content (AvgIpc) is 2.87. The van der Waals surface area contributed by atoms with Gasteiger partial charge in [0.15, 0.2) is 11.6 Å². The monoisotopic (exact) mass is 281 g/mol. The van der Waals surface area contributed by atoms with Crippen molar-refractivity contribution >= 4 is 11.6 Å². The fraction of sp³-hybridized carbons (Fsp3) is 0.385. The molecule has 0 bridgehead atoms. The van der Waals surface area contributed by atoms with Crippen LogP contribution in [0.2, 0.25) is 0 Å². The Hall–Kier alpha value is -1.43. The van der Waals surface area contributed by atoms with Crippen molar-refractivity contribution in [3.05, 3.63) is 42.0 Å². The summed E-state index contributed by atoms with van der Waals surface area (Å²) in [6.45, 7) is 1.46. The maximum absolute atomic E-state index is 5.89. The number of para-hydroxylation sites is 1. The standard InChI is InChI=1S/C13H16ClN3O2/c1-18-7-8-19-10-13-16-15-12(9-14)17(13)11-5-3-2-4-6-11/h2-6H,7-10H2,1H3. The zero-order valence-electron chi connectivity index (χ0n) is 10.8. The molecule has 1 aromatic carbocycles. The molecule has 0 N–H and O–H groups in total. The van der Waals surface area contributed by atoms with Crippen LogP contribution in [-0.2, 0) is 22.0 Å². The molecule has 0 atom stereocenters. The first-order chi connectivity index (χ1) is 9.36. The highest BCUT2D eigenvalue weighted by molar-refractivity contribution is 6.16. The summed E-state index contributed by atoms with van der Waals surface area (Å²) in [4.78, 5) is 0. The third-order valence-electron chi connectivity index (χ3n) is 2.59. The smallest absolute Gasteiger partial charge is 0.163 e. The molecule has 19 heavy (non-hydrogen) atoms. The fourth-order valence-corrected chi connectivity index (χ4v) is 1.89. The zero-order chi connectivity index (χ0) is 13.5. The maximum atomic E-state index is 5.89. The number of aromatic nitrogens is 3. The second-order valence-corrected chi connectivity index (χ2v) is 4.15. The van der Waals surface area contributed by atoms with Gasteiger partial charge in [0, 0.05) is 12.8 Å². The van der Waals surface area contributed by atoms with Crippen molar-refractivity contribution in [2.24, 2.45) is 0 Å². The van der Waals surface area contributed by atoms with Crippen LogP contribution < -0.4 is 0 Å². The number of ether oxygens (including phenoxy) is 2. The highest BCUT2D eigenvalue weighted by Gasteiger charge is 2.12. The van der Waals surface area contributed by atoms with Crippen LogP contribution in [0.3, 0.4) is 0 Å². The van der Waals surface area contributed by atoms with Gasteiger partial charge in [0.25, 0.3) is 0 Å². The van der Waals surface area contributed by atoms with Gasteiger partial charge in [-0.25, -0.2) is 0 Å². The quantitative estimate of drug-likeness (QED) is 0.576. The van der Waals surface area contributed by atoms with E-state index in [4.69, 9.17) is 21.1 Å². The Morgan fingerprint density at radius 3 is 2.53 bits per heavy atom. The first-order valence-corrected chi connectivity index (χ1v) is 6.51. The zero-order valence-corrected chi connectivity index (χ0v) is 11.5. The Labute approximate surface area is 117 Å². The molecule has 1 aromatic heterocycles. The predicted octanol–water partition coefficient (Wildman–Crippen LogP) is 2.17. The SMILES string of the molecule is COCCOCc1nnc(CCl)n1-c1ccccc1. The number of hydrogen-bond acceptors (Lipinski definition) is 4. The Balaban J connectivity index is 2.18. The topological polar surface area (TPSA) is 49.2 Å². The minimum atomic E-state index is 0.306. The molecule has 0 aliphatic heterocycles. The molecule has 1 heterocycles. The molecule has 0 aliphatic rings. The molecule has 5 nitrogen and oxygen atoms in total. The van der Waals surface area contributed by atoms with Gasteiger partial charge in [0.05, 0.1) is 19.1 Å². The van der Waals surface area contributed by atoms with Crippen LogP contribution in [0.1, 0.15) is 11.6 Å². The van der Waals surface area contributed by atoms with Gasteiger partial charge < -0.3 is 9.47 Å². The Bertz CT molecular complexity index is 502. The summed E-state index contributed by atoms with van der Waals surface area (Å²) in [5.74, 6) is 1.75. The molecule has 0 saturated carbocycles. The Morgan fingerprint density at radius 2 is 1.84 bits per heavy atom. The lowest BCUT2D eigenvalue weighted by atomic mass is 10.3. The van der Waals surface area contributed by atoms with E-state index >= 15 is 0 Å². The maximum Gasteiger partial charge on any atom is 0.163 e. The normalized spacial score (nSPS) is 10.8. The average molecular weight is 282 g/mol. The van der Waals surface area contributed by atoms with Crippen LogP contribution in [0.5, 0.6) is 0 Å². The van der Waals surface area contributed by atoms with E-state index in [0.717, 1.165) is 11.5 Å². The molecule has 0 amide bonds. The number of alkyl halides is 1. The molecule has 2 rings (SSSR count). The van der Waals surface area contributed by atoms with Crippen LogP contribution in [0.4, 0.5) is 0 Å². The largest absolute Gasteiger partial charge is 0.382 e. The number of benzene rings is 1. The lowest BCUT2D eigenvalue weighted by Crippen LogP contribution is -2.08. The summed E-state index contributed by atoms with van der Waals surface area (Å²) in [6.07, 6.45) is 0. The van der Waals surface area contributed by atoms with Gasteiger partial charge >= 0.3 is 0 Å². The van der Waals surface area contributed by atoms with Gasteiger partial charge in [0.1, 0.15) is 6.61 Å². The minimum Gasteiger partial charge on any atom is -0.382 e. The lowest BCUT2D eigenvalue weighted by Gasteiger charge is -2.09. The molecular formula is C13H16ClN3O2. The van der Waals surface area contributed by atoms with Gasteiger partial charge in [-0.3, -0.25) is 4.57 Å². The molecule has 2 aromatic rings. The van der Waals surface area contributed by atoms with Crippen LogP contribution >= 0.6 is 11.6 Å². The summed E-state index contributed by atoms with van der Waals surface area (Å²) < 4.78 is 12.3. The molecule has 0 spiro atoms. The Morgan fingerprint density at radius 1 is 1.11 bits per heavy atom. The van der Waals surface area contributed by atoms with E-state index in [0.29, 0.717) is 31.5 Å². The summed E-state index contributed by atoms with van der Waals surface area (Å²) in [5.41, 5.74) is 0.980. The van der Waals surface area contributed by atoms with Crippen molar-refractivity contribution in [1.82, 2.24) is 14.8 Å². The van der Waals surface area contributed by atoms with Crippen molar-refractivity contribution in [1.29, 1.82) is 0 Å².